The SMILES string of the molecule is CC(C)(C)c1cc(-c2c3nc(c(-c4cc(C(C)(C)C)cc(C(C)(C)C)c4)c4ccc([nH]4)c(-c4cc(C(C)(C)C)cc(C(C)(C)C)c4)c4nc(c(-c5cc(C(C)(C)C)cc(C(C)(C)C)c5)c5ccc2[nH]5)C=C4N)C(N)=C3)cc(C(C)(C)C)c1. The van der Waals surface area contributed by atoms with Crippen LogP contribution in [0, 0.1) is 0 Å². The summed E-state index contributed by atoms with van der Waals surface area (Å²) >= 11 is 0. The molecule has 6 nitrogen and oxygen atoms in total. The van der Waals surface area contributed by atoms with Crippen LogP contribution in [0.15, 0.2) is 97.1 Å². The molecule has 0 saturated heterocycles. The number of nitrogens with one attached hydrogen (secondary N) is 2. The lowest BCUT2D eigenvalue weighted by atomic mass is 9.78. The number of benzene rings is 4. The highest BCUT2D eigenvalue weighted by Gasteiger charge is 2.30. The summed E-state index contributed by atoms with van der Waals surface area (Å²) in [5, 5.41) is 0. The van der Waals surface area contributed by atoms with E-state index < -0.39 is 0 Å². The molecule has 0 aliphatic carbocycles. The van der Waals surface area contributed by atoms with E-state index in [1.54, 1.807) is 0 Å². The zero-order valence-corrected chi connectivity index (χ0v) is 54.4. The lowest BCUT2D eigenvalue weighted by Crippen LogP contribution is -2.16. The molecule has 430 valence electrons. The summed E-state index contributed by atoms with van der Waals surface area (Å²) in [6.45, 7) is 55.1. The maximum Gasteiger partial charge on any atom is 0.0966 e. The molecule has 0 fully saturated rings. The highest BCUT2D eigenvalue weighted by atomic mass is 14.8. The number of nitrogens with two attached hydrogens (primary N) is 2. The number of nitrogens with zero attached hydrogens (tertiary/aromatic N) is 2. The molecule has 8 bridgehead atoms. The molecule has 2 aliphatic heterocycles. The van der Waals surface area contributed by atoms with E-state index in [0.29, 0.717) is 22.8 Å². The molecule has 0 spiro atoms. The van der Waals surface area contributed by atoms with Gasteiger partial charge >= 0.3 is 0 Å². The molecular weight excluding hydrogens is 997 g/mol. The topological polar surface area (TPSA) is 109 Å². The molecule has 0 saturated carbocycles. The predicted molar refractivity (Wildman–Crippen MR) is 356 cm³/mol. The van der Waals surface area contributed by atoms with Gasteiger partial charge < -0.3 is 21.4 Å². The van der Waals surface area contributed by atoms with E-state index in [9.17, 15) is 0 Å². The van der Waals surface area contributed by atoms with Crippen molar-refractivity contribution in [1.82, 2.24) is 19.9 Å². The van der Waals surface area contributed by atoms with Crippen LogP contribution in [0.2, 0.25) is 0 Å². The van der Waals surface area contributed by atoms with Gasteiger partial charge in [0.05, 0.1) is 34.2 Å². The van der Waals surface area contributed by atoms with Crippen molar-refractivity contribution in [3.8, 4) is 44.5 Å². The second kappa shape index (κ2) is 19.9. The van der Waals surface area contributed by atoms with Crippen LogP contribution in [0.25, 0.3) is 90.1 Å². The predicted octanol–water partition coefficient (Wildman–Crippen LogP) is 20.3. The molecule has 6 N–H and O–H groups in total. The Morgan fingerprint density at radius 2 is 0.451 bits per heavy atom. The molecule has 2 aliphatic rings. The van der Waals surface area contributed by atoms with Gasteiger partial charge in [0, 0.05) is 44.3 Å². The molecule has 0 atom stereocenters. The van der Waals surface area contributed by atoms with Crippen LogP contribution < -0.4 is 11.5 Å². The fourth-order valence-electron chi connectivity index (χ4n) is 11.2. The molecule has 0 radical (unpaired) electrons. The van der Waals surface area contributed by atoms with Gasteiger partial charge in [-0.25, -0.2) is 9.97 Å². The van der Waals surface area contributed by atoms with Gasteiger partial charge in [0.25, 0.3) is 0 Å². The molecule has 0 unspecified atom stereocenters. The highest BCUT2D eigenvalue weighted by Crippen LogP contribution is 2.46. The second-order valence-electron chi connectivity index (χ2n) is 32.2. The summed E-state index contributed by atoms with van der Waals surface area (Å²) in [5.41, 5.74) is 39.8. The monoisotopic (exact) mass is 1090 g/mol. The Kier molecular flexibility index (Phi) is 14.5. The number of rotatable bonds is 4. The molecule has 7 aromatic rings. The van der Waals surface area contributed by atoms with Crippen molar-refractivity contribution in [2.45, 2.75) is 209 Å². The highest BCUT2D eigenvalue weighted by molar-refractivity contribution is 6.03. The number of aromatic amines is 2. The van der Waals surface area contributed by atoms with E-state index in [0.717, 1.165) is 78.0 Å². The standard InChI is InChI=1S/C76H96N6/c1-69(2,3)47-29-43(30-48(37-47)70(4,5)6)63-57-25-26-58(79-57)64(44-31-49(71(7,8)9)38-50(32-44)72(10,11)12)62-42-56(78)68(82-62)66(46-35-53(75(19,20)21)40-54(36-46)76(22,23)24)60-28-27-59(80-60)65(67-55(77)41-61(63)81-67)45-33-51(73(13,14)15)39-52(34-45)74(16,17)18/h25-42,79-80H,77-78H2,1-24H3. The number of hydrogen-bond donors (Lipinski definition) is 4. The van der Waals surface area contributed by atoms with Crippen LogP contribution >= 0.6 is 0 Å². The Bertz CT molecular complexity index is 3550. The summed E-state index contributed by atoms with van der Waals surface area (Å²) in [7, 11) is 0. The van der Waals surface area contributed by atoms with E-state index in [4.69, 9.17) is 21.4 Å². The van der Waals surface area contributed by atoms with Crippen LogP contribution in [0.3, 0.4) is 0 Å². The number of fused-ring (bicyclic) bond motifs is 8. The first-order chi connectivity index (χ1) is 37.5. The molecule has 4 aromatic carbocycles. The fourth-order valence-corrected chi connectivity index (χ4v) is 11.2. The van der Waals surface area contributed by atoms with Crippen LogP contribution in [-0.2, 0) is 43.3 Å². The molecule has 9 rings (SSSR count). The fraction of sp³-hybridized carbons (Fsp3) is 0.421. The summed E-state index contributed by atoms with van der Waals surface area (Å²) < 4.78 is 0. The van der Waals surface area contributed by atoms with E-state index in [-0.39, 0.29) is 43.3 Å². The maximum absolute atomic E-state index is 7.58. The van der Waals surface area contributed by atoms with Gasteiger partial charge in [-0.05, 0) is 146 Å². The average molecular weight is 1090 g/mol. The van der Waals surface area contributed by atoms with E-state index >= 15 is 0 Å². The Morgan fingerprint density at radius 3 is 0.646 bits per heavy atom. The molecule has 5 heterocycles. The average Bonchev–Trinajstić information content (AvgIpc) is 3.96. The third-order valence-electron chi connectivity index (χ3n) is 16.8. The number of hydrogen-bond acceptors (Lipinski definition) is 4. The minimum absolute atomic E-state index is 0.141. The van der Waals surface area contributed by atoms with Gasteiger partial charge in [-0.1, -0.05) is 239 Å². The van der Waals surface area contributed by atoms with Crippen molar-refractivity contribution in [3.63, 3.8) is 0 Å². The first kappa shape index (κ1) is 59.7. The van der Waals surface area contributed by atoms with Gasteiger partial charge in [-0.3, -0.25) is 0 Å². The first-order valence-corrected chi connectivity index (χ1v) is 29.9. The van der Waals surface area contributed by atoms with Crippen molar-refractivity contribution in [3.05, 3.63) is 164 Å². The third-order valence-corrected chi connectivity index (χ3v) is 16.8. The first-order valence-electron chi connectivity index (χ1n) is 29.9. The second-order valence-corrected chi connectivity index (χ2v) is 32.2. The maximum atomic E-state index is 7.58. The number of aromatic nitrogens is 4. The zero-order chi connectivity index (χ0) is 60.6. The van der Waals surface area contributed by atoms with Crippen molar-refractivity contribution in [2.75, 3.05) is 0 Å². The third kappa shape index (κ3) is 11.8. The van der Waals surface area contributed by atoms with Gasteiger partial charge in [0.2, 0.25) is 0 Å². The molecule has 0 amide bonds. The Morgan fingerprint density at radius 1 is 0.268 bits per heavy atom. The zero-order valence-electron chi connectivity index (χ0n) is 54.4. The molecule has 3 aromatic heterocycles. The van der Waals surface area contributed by atoms with Gasteiger partial charge in [-0.2, -0.15) is 0 Å². The Hall–Kier alpha value is -6.92. The summed E-state index contributed by atoms with van der Waals surface area (Å²) in [6.07, 6.45) is 4.21. The van der Waals surface area contributed by atoms with Gasteiger partial charge in [-0.15, -0.1) is 0 Å². The summed E-state index contributed by atoms with van der Waals surface area (Å²) in [4.78, 5) is 19.8. The smallest absolute Gasteiger partial charge is 0.0966 e. The summed E-state index contributed by atoms with van der Waals surface area (Å²) in [5.74, 6) is 0. The van der Waals surface area contributed by atoms with E-state index in [1.807, 2.05) is 0 Å². The Labute approximate surface area is 492 Å². The van der Waals surface area contributed by atoms with Crippen LogP contribution in [0.5, 0.6) is 0 Å². The van der Waals surface area contributed by atoms with Crippen LogP contribution in [0.1, 0.15) is 233 Å². The van der Waals surface area contributed by atoms with Crippen LogP contribution in [0.4, 0.5) is 0 Å². The van der Waals surface area contributed by atoms with Crippen molar-refractivity contribution < 1.29 is 0 Å². The summed E-state index contributed by atoms with van der Waals surface area (Å²) in [6, 6.07) is 37.3. The normalized spacial score (nSPS) is 14.1. The van der Waals surface area contributed by atoms with Crippen LogP contribution in [-0.4, -0.2) is 19.9 Å². The van der Waals surface area contributed by atoms with Gasteiger partial charge in [0.1, 0.15) is 0 Å². The molecule has 82 heavy (non-hydrogen) atoms. The van der Waals surface area contributed by atoms with E-state index in [2.05, 4.69) is 285 Å². The van der Waals surface area contributed by atoms with Crippen molar-refractivity contribution >= 4 is 45.6 Å². The minimum atomic E-state index is -0.151. The molecular formula is C76H96N6. The minimum Gasteiger partial charge on any atom is -0.397 e. The van der Waals surface area contributed by atoms with E-state index in [1.165, 1.54) is 44.5 Å². The largest absolute Gasteiger partial charge is 0.397 e. The molecule has 6 heteroatoms. The van der Waals surface area contributed by atoms with Crippen molar-refractivity contribution in [2.24, 2.45) is 11.5 Å². The van der Waals surface area contributed by atoms with Crippen molar-refractivity contribution in [1.29, 1.82) is 0 Å². The quantitative estimate of drug-likeness (QED) is 0.141. The van der Waals surface area contributed by atoms with Gasteiger partial charge in [0.15, 0.2) is 0 Å². The Balaban J connectivity index is 1.60. The lowest BCUT2D eigenvalue weighted by molar-refractivity contribution is 0.568. The number of H-pyrrole nitrogens is 2. The lowest BCUT2D eigenvalue weighted by Gasteiger charge is -2.26.